The lowest BCUT2D eigenvalue weighted by molar-refractivity contribution is 0.620. The van der Waals surface area contributed by atoms with Gasteiger partial charge in [-0.15, -0.1) is 0 Å². The molecule has 0 aliphatic rings. The number of pyridine rings is 1. The summed E-state index contributed by atoms with van der Waals surface area (Å²) >= 11 is 1.70. The minimum Gasteiger partial charge on any atom is -0.436 e. The topological polar surface area (TPSA) is 43.9 Å². The second-order valence-corrected chi connectivity index (χ2v) is 10.3. The second kappa shape index (κ2) is 8.79. The van der Waals surface area contributed by atoms with Gasteiger partial charge in [-0.05, 0) is 82.6 Å². The Labute approximate surface area is 228 Å². The molecule has 0 N–H and O–H groups in total. The van der Waals surface area contributed by atoms with E-state index in [0.717, 1.165) is 44.6 Å². The summed E-state index contributed by atoms with van der Waals surface area (Å²) in [6, 6.07) is 37.8. The van der Waals surface area contributed by atoms with Gasteiger partial charge in [-0.3, -0.25) is 4.98 Å². The number of rotatable bonds is 4. The van der Waals surface area contributed by atoms with Gasteiger partial charge in [-0.25, -0.2) is 4.98 Å². The van der Waals surface area contributed by atoms with Crippen LogP contribution in [0, 0.1) is 0 Å². The molecule has 0 aliphatic heterocycles. The van der Waals surface area contributed by atoms with E-state index in [1.54, 1.807) is 11.3 Å². The number of benzene rings is 4. The van der Waals surface area contributed by atoms with Gasteiger partial charge in [0.15, 0.2) is 5.58 Å². The number of nitrogens with zero attached hydrogens (tertiary/aromatic N) is 3. The first-order valence-electron chi connectivity index (χ1n) is 12.8. The molecular weight excluding hydrogens is 498 g/mol. The molecule has 4 aromatic heterocycles. The molecule has 0 saturated heterocycles. The SMILES string of the molecule is c1ccc(-c2cc(-n3c4ccccc4c4ccc(-c5nc6ccccc6o5)cc43)ccc2-c2ccsc2)nc1. The third-order valence-corrected chi connectivity index (χ3v) is 7.93. The summed E-state index contributed by atoms with van der Waals surface area (Å²) in [5.74, 6) is 0.622. The summed E-state index contributed by atoms with van der Waals surface area (Å²) in [5, 5.41) is 6.70. The largest absolute Gasteiger partial charge is 0.436 e. The van der Waals surface area contributed by atoms with E-state index in [4.69, 9.17) is 14.4 Å². The molecule has 5 heteroatoms. The van der Waals surface area contributed by atoms with Crippen LogP contribution in [-0.2, 0) is 0 Å². The van der Waals surface area contributed by atoms with Crippen LogP contribution in [0.4, 0.5) is 0 Å². The quantitative estimate of drug-likeness (QED) is 0.233. The highest BCUT2D eigenvalue weighted by atomic mass is 32.1. The molecule has 0 spiro atoms. The van der Waals surface area contributed by atoms with Crippen molar-refractivity contribution in [3.63, 3.8) is 0 Å². The number of thiophene rings is 1. The van der Waals surface area contributed by atoms with Crippen LogP contribution in [0.25, 0.3) is 72.4 Å². The Morgan fingerprint density at radius 1 is 0.667 bits per heavy atom. The molecule has 0 fully saturated rings. The second-order valence-electron chi connectivity index (χ2n) is 9.53. The van der Waals surface area contributed by atoms with Crippen LogP contribution in [0.3, 0.4) is 0 Å². The molecule has 0 bridgehead atoms. The Bertz CT molecular complexity index is 2090. The first-order chi connectivity index (χ1) is 19.3. The molecule has 0 amide bonds. The number of hydrogen-bond acceptors (Lipinski definition) is 4. The molecule has 4 aromatic carbocycles. The van der Waals surface area contributed by atoms with E-state index in [1.807, 2.05) is 42.6 Å². The highest BCUT2D eigenvalue weighted by Gasteiger charge is 2.17. The van der Waals surface area contributed by atoms with Gasteiger partial charge in [0.1, 0.15) is 5.52 Å². The van der Waals surface area contributed by atoms with Crippen molar-refractivity contribution in [2.45, 2.75) is 0 Å². The lowest BCUT2D eigenvalue weighted by Gasteiger charge is -2.14. The normalized spacial score (nSPS) is 11.6. The molecule has 8 rings (SSSR count). The van der Waals surface area contributed by atoms with Crippen molar-refractivity contribution in [1.82, 2.24) is 14.5 Å². The zero-order valence-corrected chi connectivity index (χ0v) is 21.6. The fraction of sp³-hybridized carbons (Fsp3) is 0. The minimum absolute atomic E-state index is 0.622. The number of oxazole rings is 1. The van der Waals surface area contributed by atoms with Gasteiger partial charge >= 0.3 is 0 Å². The first-order valence-corrected chi connectivity index (χ1v) is 13.8. The summed E-state index contributed by atoms with van der Waals surface area (Å²) in [5.41, 5.74) is 10.4. The summed E-state index contributed by atoms with van der Waals surface area (Å²) in [6.45, 7) is 0. The molecule has 4 heterocycles. The lowest BCUT2D eigenvalue weighted by atomic mass is 9.98. The average Bonchev–Trinajstić information content (AvgIpc) is 3.75. The van der Waals surface area contributed by atoms with Crippen LogP contribution in [-0.4, -0.2) is 14.5 Å². The number of aromatic nitrogens is 3. The zero-order chi connectivity index (χ0) is 25.8. The van der Waals surface area contributed by atoms with Crippen LogP contribution in [0.1, 0.15) is 0 Å². The summed E-state index contributed by atoms with van der Waals surface area (Å²) in [4.78, 5) is 9.47. The monoisotopic (exact) mass is 519 g/mol. The molecule has 0 atom stereocenters. The first kappa shape index (κ1) is 22.0. The standard InChI is InChI=1S/C34H21N3OS/c1-3-10-31-26(7-1)27-14-12-22(34-36-30-9-2-4-11-33(30)38-34)19-32(27)37(31)24-13-15-25(23-16-18-39-21-23)28(20-24)29-8-5-6-17-35-29/h1-21H. The van der Waals surface area contributed by atoms with Gasteiger partial charge in [-0.1, -0.05) is 48.5 Å². The minimum atomic E-state index is 0.622. The average molecular weight is 520 g/mol. The predicted molar refractivity (Wildman–Crippen MR) is 160 cm³/mol. The Kier molecular flexibility index (Phi) is 4.96. The van der Waals surface area contributed by atoms with Crippen LogP contribution in [0.15, 0.2) is 131 Å². The molecule has 39 heavy (non-hydrogen) atoms. The van der Waals surface area contributed by atoms with E-state index in [9.17, 15) is 0 Å². The molecule has 0 aliphatic carbocycles. The summed E-state index contributed by atoms with van der Waals surface area (Å²) in [6.07, 6.45) is 1.85. The summed E-state index contributed by atoms with van der Waals surface area (Å²) in [7, 11) is 0. The Balaban J connectivity index is 1.39. The Hall–Kier alpha value is -5.00. The third kappa shape index (κ3) is 3.59. The van der Waals surface area contributed by atoms with Gasteiger partial charge < -0.3 is 8.98 Å². The Morgan fingerprint density at radius 2 is 1.54 bits per heavy atom. The van der Waals surface area contributed by atoms with Gasteiger partial charge in [0.2, 0.25) is 5.89 Å². The highest BCUT2D eigenvalue weighted by molar-refractivity contribution is 7.08. The molecule has 184 valence electrons. The lowest BCUT2D eigenvalue weighted by Crippen LogP contribution is -1.96. The number of para-hydroxylation sites is 3. The maximum Gasteiger partial charge on any atom is 0.227 e. The van der Waals surface area contributed by atoms with Crippen molar-refractivity contribution in [1.29, 1.82) is 0 Å². The van der Waals surface area contributed by atoms with Gasteiger partial charge in [0, 0.05) is 33.8 Å². The molecule has 0 saturated carbocycles. The van der Waals surface area contributed by atoms with Crippen molar-refractivity contribution < 1.29 is 4.42 Å². The van der Waals surface area contributed by atoms with Crippen LogP contribution >= 0.6 is 11.3 Å². The third-order valence-electron chi connectivity index (χ3n) is 7.25. The van der Waals surface area contributed by atoms with E-state index in [2.05, 4.69) is 88.1 Å². The molecular formula is C34H21N3OS. The molecule has 0 unspecified atom stereocenters. The fourth-order valence-corrected chi connectivity index (χ4v) is 6.11. The maximum absolute atomic E-state index is 6.13. The number of fused-ring (bicyclic) bond motifs is 4. The van der Waals surface area contributed by atoms with Crippen molar-refractivity contribution in [3.05, 3.63) is 126 Å². The highest BCUT2D eigenvalue weighted by Crippen LogP contribution is 2.38. The Morgan fingerprint density at radius 3 is 2.41 bits per heavy atom. The van der Waals surface area contributed by atoms with Gasteiger partial charge in [-0.2, -0.15) is 11.3 Å². The van der Waals surface area contributed by atoms with Crippen molar-refractivity contribution in [2.75, 3.05) is 0 Å². The zero-order valence-electron chi connectivity index (χ0n) is 20.8. The van der Waals surface area contributed by atoms with Crippen molar-refractivity contribution in [2.24, 2.45) is 0 Å². The molecule has 0 radical (unpaired) electrons. The van der Waals surface area contributed by atoms with E-state index in [1.165, 1.54) is 21.9 Å². The van der Waals surface area contributed by atoms with E-state index >= 15 is 0 Å². The van der Waals surface area contributed by atoms with Crippen molar-refractivity contribution >= 4 is 44.2 Å². The van der Waals surface area contributed by atoms with Gasteiger partial charge in [0.25, 0.3) is 0 Å². The van der Waals surface area contributed by atoms with Crippen LogP contribution < -0.4 is 0 Å². The predicted octanol–water partition coefficient (Wildman–Crippen LogP) is 9.38. The van der Waals surface area contributed by atoms with Gasteiger partial charge in [0.05, 0.1) is 16.7 Å². The van der Waals surface area contributed by atoms with E-state index in [0.29, 0.717) is 5.89 Å². The molecule has 4 nitrogen and oxygen atoms in total. The van der Waals surface area contributed by atoms with E-state index in [-0.39, 0.29) is 0 Å². The number of hydrogen-bond donors (Lipinski definition) is 0. The van der Waals surface area contributed by atoms with E-state index < -0.39 is 0 Å². The fourth-order valence-electron chi connectivity index (χ4n) is 5.45. The van der Waals surface area contributed by atoms with Crippen molar-refractivity contribution in [3.8, 4) is 39.5 Å². The smallest absolute Gasteiger partial charge is 0.227 e. The van der Waals surface area contributed by atoms with Crippen LogP contribution in [0.5, 0.6) is 0 Å². The summed E-state index contributed by atoms with van der Waals surface area (Å²) < 4.78 is 8.46. The van der Waals surface area contributed by atoms with Crippen LogP contribution in [0.2, 0.25) is 0 Å². The molecule has 8 aromatic rings. The maximum atomic E-state index is 6.13.